The zero-order valence-corrected chi connectivity index (χ0v) is 18.3. The molecule has 0 radical (unpaired) electrons. The van der Waals surface area contributed by atoms with Crippen molar-refractivity contribution in [3.8, 4) is 5.75 Å². The van der Waals surface area contributed by atoms with Crippen molar-refractivity contribution >= 4 is 5.91 Å². The van der Waals surface area contributed by atoms with Gasteiger partial charge in [-0.1, -0.05) is 42.0 Å². The van der Waals surface area contributed by atoms with Gasteiger partial charge in [0.05, 0.1) is 13.5 Å². The van der Waals surface area contributed by atoms with E-state index >= 15 is 0 Å². The molecule has 4 nitrogen and oxygen atoms in total. The largest absolute Gasteiger partial charge is 0.497 e. The topological polar surface area (TPSA) is 32.8 Å². The van der Waals surface area contributed by atoms with E-state index in [1.165, 1.54) is 30.5 Å². The normalized spacial score (nSPS) is 17.7. The van der Waals surface area contributed by atoms with Gasteiger partial charge in [0.2, 0.25) is 5.91 Å². The molecule has 1 saturated heterocycles. The Morgan fingerprint density at radius 2 is 1.60 bits per heavy atom. The third-order valence-corrected chi connectivity index (χ3v) is 6.52. The van der Waals surface area contributed by atoms with Crippen molar-refractivity contribution in [2.75, 3.05) is 26.7 Å². The summed E-state index contributed by atoms with van der Waals surface area (Å²) in [4.78, 5) is 18.1. The zero-order valence-electron chi connectivity index (χ0n) is 18.3. The second kappa shape index (κ2) is 9.65. The van der Waals surface area contributed by atoms with E-state index in [4.69, 9.17) is 4.74 Å². The van der Waals surface area contributed by atoms with Crippen molar-refractivity contribution in [1.29, 1.82) is 0 Å². The Morgan fingerprint density at radius 1 is 0.967 bits per heavy atom. The lowest BCUT2D eigenvalue weighted by atomic mass is 10.00. The van der Waals surface area contributed by atoms with Crippen molar-refractivity contribution in [3.05, 3.63) is 65.2 Å². The molecule has 0 bridgehead atoms. The van der Waals surface area contributed by atoms with Crippen LogP contribution in [0.15, 0.2) is 48.5 Å². The average Bonchev–Trinajstić information content (AvgIpc) is 3.58. The van der Waals surface area contributed by atoms with Gasteiger partial charge in [-0.25, -0.2) is 0 Å². The smallest absolute Gasteiger partial charge is 0.227 e. The number of rotatable bonds is 8. The standard InChI is InChI=1S/C26H34N2O2/c1-20-3-5-23(6-4-20)19-28(24-13-15-27(16-14-24)18-22-7-8-22)26(29)17-21-9-11-25(30-2)12-10-21/h3-6,9-12,22,24H,7-8,13-19H2,1-2H3. The summed E-state index contributed by atoms with van der Waals surface area (Å²) in [5, 5.41) is 0. The highest BCUT2D eigenvalue weighted by Gasteiger charge is 2.31. The van der Waals surface area contributed by atoms with Gasteiger partial charge in [-0.05, 0) is 61.8 Å². The molecule has 2 aliphatic rings. The Labute approximate surface area is 180 Å². The maximum Gasteiger partial charge on any atom is 0.227 e. The first kappa shape index (κ1) is 20.9. The molecule has 0 unspecified atom stereocenters. The minimum absolute atomic E-state index is 0.224. The van der Waals surface area contributed by atoms with E-state index in [1.54, 1.807) is 7.11 Å². The van der Waals surface area contributed by atoms with Crippen LogP contribution in [0.25, 0.3) is 0 Å². The molecular weight excluding hydrogens is 372 g/mol. The molecular formula is C26H34N2O2. The Kier molecular flexibility index (Phi) is 6.73. The maximum absolute atomic E-state index is 13.4. The zero-order chi connectivity index (χ0) is 20.9. The van der Waals surface area contributed by atoms with Crippen LogP contribution in [0.1, 0.15) is 42.4 Å². The molecule has 2 aromatic carbocycles. The molecule has 0 N–H and O–H groups in total. The highest BCUT2D eigenvalue weighted by atomic mass is 16.5. The summed E-state index contributed by atoms with van der Waals surface area (Å²) >= 11 is 0. The molecule has 0 spiro atoms. The van der Waals surface area contributed by atoms with Crippen molar-refractivity contribution < 1.29 is 9.53 Å². The van der Waals surface area contributed by atoms with Crippen LogP contribution in [0.2, 0.25) is 0 Å². The maximum atomic E-state index is 13.4. The van der Waals surface area contributed by atoms with Crippen LogP contribution in [-0.2, 0) is 17.8 Å². The second-order valence-corrected chi connectivity index (χ2v) is 9.01. The molecule has 0 atom stereocenters. The SMILES string of the molecule is COc1ccc(CC(=O)N(Cc2ccc(C)cc2)C2CCN(CC3CC3)CC2)cc1. The molecule has 4 rings (SSSR count). The lowest BCUT2D eigenvalue weighted by Crippen LogP contribution is -2.47. The van der Waals surface area contributed by atoms with Gasteiger partial charge >= 0.3 is 0 Å². The summed E-state index contributed by atoms with van der Waals surface area (Å²) in [7, 11) is 1.67. The van der Waals surface area contributed by atoms with Crippen LogP contribution >= 0.6 is 0 Å². The molecule has 1 aliphatic heterocycles. The molecule has 0 aromatic heterocycles. The van der Waals surface area contributed by atoms with Gasteiger partial charge < -0.3 is 14.5 Å². The highest BCUT2D eigenvalue weighted by Crippen LogP contribution is 2.31. The predicted molar refractivity (Wildman–Crippen MR) is 121 cm³/mol. The van der Waals surface area contributed by atoms with E-state index in [9.17, 15) is 4.79 Å². The van der Waals surface area contributed by atoms with E-state index < -0.39 is 0 Å². The van der Waals surface area contributed by atoms with Gasteiger partial charge in [0.1, 0.15) is 5.75 Å². The van der Waals surface area contributed by atoms with Gasteiger partial charge in [0.15, 0.2) is 0 Å². The number of carbonyl (C=O) groups is 1. The van der Waals surface area contributed by atoms with E-state index in [2.05, 4.69) is 41.0 Å². The fourth-order valence-corrected chi connectivity index (χ4v) is 4.41. The number of benzene rings is 2. The molecule has 160 valence electrons. The van der Waals surface area contributed by atoms with Crippen LogP contribution in [0, 0.1) is 12.8 Å². The number of piperidine rings is 1. The minimum Gasteiger partial charge on any atom is -0.497 e. The quantitative estimate of drug-likeness (QED) is 0.649. The first-order valence-corrected chi connectivity index (χ1v) is 11.3. The fourth-order valence-electron chi connectivity index (χ4n) is 4.41. The Balaban J connectivity index is 1.44. The number of amides is 1. The van der Waals surface area contributed by atoms with Crippen LogP contribution in [0.4, 0.5) is 0 Å². The van der Waals surface area contributed by atoms with Gasteiger partial charge in [-0.2, -0.15) is 0 Å². The number of hydrogen-bond acceptors (Lipinski definition) is 3. The fraction of sp³-hybridized carbons (Fsp3) is 0.500. The summed E-state index contributed by atoms with van der Waals surface area (Å²) < 4.78 is 5.25. The number of nitrogens with zero attached hydrogens (tertiary/aromatic N) is 2. The molecule has 2 fully saturated rings. The first-order chi connectivity index (χ1) is 14.6. The second-order valence-electron chi connectivity index (χ2n) is 9.01. The summed E-state index contributed by atoms with van der Waals surface area (Å²) in [6.07, 6.45) is 5.40. The Bertz CT molecular complexity index is 819. The number of hydrogen-bond donors (Lipinski definition) is 0. The number of likely N-dealkylation sites (tertiary alicyclic amines) is 1. The lowest BCUT2D eigenvalue weighted by molar-refractivity contribution is -0.134. The third kappa shape index (κ3) is 5.63. The minimum atomic E-state index is 0.224. The van der Waals surface area contributed by atoms with Crippen LogP contribution in [-0.4, -0.2) is 48.5 Å². The summed E-state index contributed by atoms with van der Waals surface area (Å²) in [5.41, 5.74) is 3.51. The average molecular weight is 407 g/mol. The summed E-state index contributed by atoms with van der Waals surface area (Å²) in [6, 6.07) is 16.8. The molecule has 1 amide bonds. The Hall–Kier alpha value is -2.33. The third-order valence-electron chi connectivity index (χ3n) is 6.52. The van der Waals surface area contributed by atoms with Crippen LogP contribution in [0.5, 0.6) is 5.75 Å². The van der Waals surface area contributed by atoms with Crippen molar-refractivity contribution in [2.45, 2.75) is 51.6 Å². The molecule has 1 heterocycles. The first-order valence-electron chi connectivity index (χ1n) is 11.3. The van der Waals surface area contributed by atoms with Gasteiger partial charge in [-0.3, -0.25) is 4.79 Å². The highest BCUT2D eigenvalue weighted by molar-refractivity contribution is 5.79. The summed E-state index contributed by atoms with van der Waals surface area (Å²) in [5.74, 6) is 1.98. The molecule has 1 saturated carbocycles. The summed E-state index contributed by atoms with van der Waals surface area (Å²) in [6.45, 7) is 6.28. The number of methoxy groups -OCH3 is 1. The molecule has 2 aromatic rings. The molecule has 1 aliphatic carbocycles. The van der Waals surface area contributed by atoms with Gasteiger partial charge in [-0.15, -0.1) is 0 Å². The Morgan fingerprint density at radius 3 is 2.20 bits per heavy atom. The van der Waals surface area contributed by atoms with Crippen LogP contribution < -0.4 is 4.74 Å². The predicted octanol–water partition coefficient (Wildman–Crippen LogP) is 4.45. The number of carbonyl (C=O) groups excluding carboxylic acids is 1. The number of ether oxygens (including phenoxy) is 1. The van der Waals surface area contributed by atoms with Crippen molar-refractivity contribution in [2.24, 2.45) is 5.92 Å². The van der Waals surface area contributed by atoms with Crippen molar-refractivity contribution in [1.82, 2.24) is 9.80 Å². The van der Waals surface area contributed by atoms with E-state index in [0.717, 1.165) is 43.2 Å². The van der Waals surface area contributed by atoms with Crippen LogP contribution in [0.3, 0.4) is 0 Å². The van der Waals surface area contributed by atoms with Crippen molar-refractivity contribution in [3.63, 3.8) is 0 Å². The van der Waals surface area contributed by atoms with E-state index in [1.807, 2.05) is 24.3 Å². The molecule has 4 heteroatoms. The van der Waals surface area contributed by atoms with E-state index in [0.29, 0.717) is 19.0 Å². The lowest BCUT2D eigenvalue weighted by Gasteiger charge is -2.39. The van der Waals surface area contributed by atoms with Gasteiger partial charge in [0.25, 0.3) is 0 Å². The van der Waals surface area contributed by atoms with Gasteiger partial charge in [0, 0.05) is 32.2 Å². The molecule has 30 heavy (non-hydrogen) atoms. The monoisotopic (exact) mass is 406 g/mol. The number of aryl methyl sites for hydroxylation is 1. The van der Waals surface area contributed by atoms with E-state index in [-0.39, 0.29) is 5.91 Å².